The molecule has 1 amide bonds. The first kappa shape index (κ1) is 12.4. The molecule has 1 fully saturated rings. The summed E-state index contributed by atoms with van der Waals surface area (Å²) in [6.45, 7) is 2.58. The Morgan fingerprint density at radius 2 is 2.06 bits per heavy atom. The molecule has 0 aromatic heterocycles. The predicted molar refractivity (Wildman–Crippen MR) is 70.6 cm³/mol. The molecule has 4 heteroatoms. The van der Waals surface area contributed by atoms with Gasteiger partial charge in [-0.15, -0.1) is 12.4 Å². The molecule has 1 atom stereocenters. The molecule has 0 radical (unpaired) electrons. The second kappa shape index (κ2) is 4.00. The van der Waals surface area contributed by atoms with Crippen molar-refractivity contribution in [3.8, 4) is 0 Å². The first-order valence-electron chi connectivity index (χ1n) is 5.80. The largest absolute Gasteiger partial charge is 0.320 e. The lowest BCUT2D eigenvalue weighted by atomic mass is 9.99. The first-order valence-corrected chi connectivity index (χ1v) is 5.80. The van der Waals surface area contributed by atoms with Gasteiger partial charge in [-0.05, 0) is 31.4 Å². The zero-order valence-corrected chi connectivity index (χ0v) is 10.7. The number of hydrogen-bond donors (Lipinski definition) is 1. The molecule has 1 aromatic rings. The Bertz CT molecular complexity index is 454. The number of anilines is 1. The van der Waals surface area contributed by atoms with E-state index in [4.69, 9.17) is 5.73 Å². The summed E-state index contributed by atoms with van der Waals surface area (Å²) in [4.78, 5) is 13.9. The van der Waals surface area contributed by atoms with Gasteiger partial charge < -0.3 is 10.6 Å². The van der Waals surface area contributed by atoms with Crippen LogP contribution in [-0.2, 0) is 10.2 Å². The fourth-order valence-electron chi connectivity index (χ4n) is 2.65. The summed E-state index contributed by atoms with van der Waals surface area (Å²) in [7, 11) is 0. The maximum atomic E-state index is 12.0. The number of hydrogen-bond acceptors (Lipinski definition) is 2. The van der Waals surface area contributed by atoms with Gasteiger partial charge in [-0.1, -0.05) is 18.2 Å². The van der Waals surface area contributed by atoms with E-state index in [1.807, 2.05) is 17.0 Å². The third-order valence-corrected chi connectivity index (χ3v) is 3.74. The highest BCUT2D eigenvalue weighted by Crippen LogP contribution is 2.56. The third-order valence-electron chi connectivity index (χ3n) is 3.74. The lowest BCUT2D eigenvalue weighted by molar-refractivity contribution is -0.119. The third kappa shape index (κ3) is 1.74. The van der Waals surface area contributed by atoms with Crippen LogP contribution in [0.2, 0.25) is 0 Å². The standard InChI is InChI=1S/C13H16N2O.ClH/c1-9(14)12(16)15-8-13(6-7-13)10-4-2-3-5-11(10)15;/h2-5,9H,6-8,14H2,1H3;1H/t9-;/m1./s1. The van der Waals surface area contributed by atoms with Gasteiger partial charge in [0.1, 0.15) is 0 Å². The molecule has 1 aromatic carbocycles. The Morgan fingerprint density at radius 3 is 2.65 bits per heavy atom. The fraction of sp³-hybridized carbons (Fsp3) is 0.462. The highest BCUT2D eigenvalue weighted by molar-refractivity contribution is 5.99. The van der Waals surface area contributed by atoms with Gasteiger partial charge in [0.2, 0.25) is 5.91 Å². The van der Waals surface area contributed by atoms with Crippen molar-refractivity contribution in [2.45, 2.75) is 31.2 Å². The van der Waals surface area contributed by atoms with E-state index < -0.39 is 6.04 Å². The number of halogens is 1. The summed E-state index contributed by atoms with van der Waals surface area (Å²) in [6.07, 6.45) is 2.40. The van der Waals surface area contributed by atoms with Gasteiger partial charge in [0, 0.05) is 17.6 Å². The van der Waals surface area contributed by atoms with Gasteiger partial charge in [0.25, 0.3) is 0 Å². The minimum atomic E-state index is -0.415. The lowest BCUT2D eigenvalue weighted by Crippen LogP contribution is -2.42. The average molecular weight is 253 g/mol. The fourth-order valence-corrected chi connectivity index (χ4v) is 2.65. The van der Waals surface area contributed by atoms with Crippen LogP contribution < -0.4 is 10.6 Å². The van der Waals surface area contributed by atoms with Crippen molar-refractivity contribution < 1.29 is 4.79 Å². The zero-order chi connectivity index (χ0) is 11.3. The molecule has 1 aliphatic heterocycles. The summed E-state index contributed by atoms with van der Waals surface area (Å²) >= 11 is 0. The highest BCUT2D eigenvalue weighted by Gasteiger charge is 2.52. The maximum absolute atomic E-state index is 12.0. The van der Waals surface area contributed by atoms with E-state index in [1.165, 1.54) is 18.4 Å². The van der Waals surface area contributed by atoms with Crippen molar-refractivity contribution in [2.24, 2.45) is 5.73 Å². The average Bonchev–Trinajstić information content (AvgIpc) is 2.97. The summed E-state index contributed by atoms with van der Waals surface area (Å²) in [5.74, 6) is 0.0382. The maximum Gasteiger partial charge on any atom is 0.243 e. The minimum Gasteiger partial charge on any atom is -0.320 e. The molecule has 1 heterocycles. The number of benzene rings is 1. The van der Waals surface area contributed by atoms with Crippen LogP contribution >= 0.6 is 12.4 Å². The first-order chi connectivity index (χ1) is 7.64. The van der Waals surface area contributed by atoms with Crippen molar-refractivity contribution in [3.63, 3.8) is 0 Å². The lowest BCUT2D eigenvalue weighted by Gasteiger charge is -2.19. The van der Waals surface area contributed by atoms with Crippen LogP contribution in [0.5, 0.6) is 0 Å². The number of nitrogens with two attached hydrogens (primary N) is 1. The van der Waals surface area contributed by atoms with Crippen molar-refractivity contribution in [1.82, 2.24) is 0 Å². The Balaban J connectivity index is 0.00000108. The molecular weight excluding hydrogens is 236 g/mol. The van der Waals surface area contributed by atoms with Crippen LogP contribution in [0.4, 0.5) is 5.69 Å². The Hall–Kier alpha value is -1.06. The minimum absolute atomic E-state index is 0. The van der Waals surface area contributed by atoms with Crippen molar-refractivity contribution in [3.05, 3.63) is 29.8 Å². The molecule has 1 aliphatic carbocycles. The van der Waals surface area contributed by atoms with Gasteiger partial charge >= 0.3 is 0 Å². The van der Waals surface area contributed by atoms with Gasteiger partial charge in [-0.25, -0.2) is 0 Å². The second-order valence-electron chi connectivity index (χ2n) is 5.01. The molecule has 92 valence electrons. The van der Waals surface area contributed by atoms with Gasteiger partial charge in [-0.2, -0.15) is 0 Å². The quantitative estimate of drug-likeness (QED) is 0.829. The normalized spacial score (nSPS) is 20.7. The second-order valence-corrected chi connectivity index (χ2v) is 5.01. The van der Waals surface area contributed by atoms with Crippen LogP contribution in [0.15, 0.2) is 24.3 Å². The molecular formula is C13H17ClN2O. The Morgan fingerprint density at radius 1 is 1.41 bits per heavy atom. The van der Waals surface area contributed by atoms with Gasteiger partial charge in [0.05, 0.1) is 6.04 Å². The van der Waals surface area contributed by atoms with Crippen molar-refractivity contribution in [1.29, 1.82) is 0 Å². The summed E-state index contributed by atoms with van der Waals surface area (Å²) in [5.41, 5.74) is 8.36. The van der Waals surface area contributed by atoms with E-state index in [0.29, 0.717) is 0 Å². The monoisotopic (exact) mass is 252 g/mol. The van der Waals surface area contributed by atoms with E-state index in [0.717, 1.165) is 12.2 Å². The van der Waals surface area contributed by atoms with E-state index >= 15 is 0 Å². The molecule has 2 aliphatic rings. The van der Waals surface area contributed by atoms with Crippen LogP contribution in [0.1, 0.15) is 25.3 Å². The number of fused-ring (bicyclic) bond motifs is 2. The number of carbonyl (C=O) groups is 1. The van der Waals surface area contributed by atoms with Crippen LogP contribution in [-0.4, -0.2) is 18.5 Å². The number of amides is 1. The van der Waals surface area contributed by atoms with Gasteiger partial charge in [0.15, 0.2) is 0 Å². The summed E-state index contributed by atoms with van der Waals surface area (Å²) < 4.78 is 0. The number of para-hydroxylation sites is 1. The predicted octanol–water partition coefficient (Wildman–Crippen LogP) is 1.83. The van der Waals surface area contributed by atoms with E-state index in [9.17, 15) is 4.79 Å². The number of nitrogens with zero attached hydrogens (tertiary/aromatic N) is 1. The number of carbonyl (C=O) groups excluding carboxylic acids is 1. The molecule has 0 saturated heterocycles. The van der Waals surface area contributed by atoms with Crippen LogP contribution in [0.25, 0.3) is 0 Å². The smallest absolute Gasteiger partial charge is 0.243 e. The SMILES string of the molecule is C[C@@H](N)C(=O)N1CC2(CC2)c2ccccc21.Cl. The summed E-state index contributed by atoms with van der Waals surface area (Å²) in [6, 6.07) is 7.81. The van der Waals surface area contributed by atoms with Crippen LogP contribution in [0, 0.1) is 0 Å². The van der Waals surface area contributed by atoms with E-state index in [2.05, 4.69) is 12.1 Å². The van der Waals surface area contributed by atoms with Gasteiger partial charge in [-0.3, -0.25) is 4.79 Å². The Labute approximate surface area is 107 Å². The molecule has 17 heavy (non-hydrogen) atoms. The molecule has 2 N–H and O–H groups in total. The Kier molecular flexibility index (Phi) is 2.92. The molecule has 3 rings (SSSR count). The molecule has 0 unspecified atom stereocenters. The van der Waals surface area contributed by atoms with Crippen molar-refractivity contribution >= 4 is 24.0 Å². The van der Waals surface area contributed by atoms with Crippen LogP contribution in [0.3, 0.4) is 0 Å². The zero-order valence-electron chi connectivity index (χ0n) is 9.85. The molecule has 0 bridgehead atoms. The number of rotatable bonds is 1. The molecule has 1 spiro atoms. The van der Waals surface area contributed by atoms with Crippen molar-refractivity contribution in [2.75, 3.05) is 11.4 Å². The highest BCUT2D eigenvalue weighted by atomic mass is 35.5. The van der Waals surface area contributed by atoms with E-state index in [-0.39, 0.29) is 23.7 Å². The summed E-state index contributed by atoms with van der Waals surface area (Å²) in [5, 5.41) is 0. The topological polar surface area (TPSA) is 46.3 Å². The molecule has 1 saturated carbocycles. The van der Waals surface area contributed by atoms with E-state index in [1.54, 1.807) is 6.92 Å². The molecule has 3 nitrogen and oxygen atoms in total.